The number of amides is 1. The second-order valence-electron chi connectivity index (χ2n) is 5.13. The van der Waals surface area contributed by atoms with Gasteiger partial charge < -0.3 is 5.32 Å². The standard InChI is InChI=1S/C15H17N3O/c1-9-6-4-5-7-11(9)12-8-13(19)16-15-14(12)10(2)17-18(15)3/h4-7,12H,8H2,1-3H3,(H,16,19)/t12-/m0/s1. The van der Waals surface area contributed by atoms with Crippen molar-refractivity contribution in [2.75, 3.05) is 5.32 Å². The number of aromatic nitrogens is 2. The van der Waals surface area contributed by atoms with E-state index in [0.717, 1.165) is 17.1 Å². The van der Waals surface area contributed by atoms with Crippen molar-refractivity contribution in [2.24, 2.45) is 7.05 Å². The van der Waals surface area contributed by atoms with Crippen molar-refractivity contribution in [2.45, 2.75) is 26.2 Å². The fourth-order valence-corrected chi connectivity index (χ4v) is 2.95. The minimum Gasteiger partial charge on any atom is -0.311 e. The van der Waals surface area contributed by atoms with E-state index in [-0.39, 0.29) is 11.8 Å². The Balaban J connectivity index is 2.19. The number of benzene rings is 1. The van der Waals surface area contributed by atoms with Gasteiger partial charge in [-0.15, -0.1) is 0 Å². The summed E-state index contributed by atoms with van der Waals surface area (Å²) in [4.78, 5) is 11.9. The molecule has 1 aliphatic heterocycles. The molecule has 2 heterocycles. The molecule has 98 valence electrons. The molecule has 1 aliphatic rings. The molecule has 4 nitrogen and oxygen atoms in total. The molecule has 4 heteroatoms. The van der Waals surface area contributed by atoms with E-state index in [4.69, 9.17) is 0 Å². The molecule has 1 aromatic carbocycles. The van der Waals surface area contributed by atoms with Crippen LogP contribution in [-0.4, -0.2) is 15.7 Å². The highest BCUT2D eigenvalue weighted by molar-refractivity contribution is 5.94. The molecule has 0 saturated heterocycles. The molecule has 19 heavy (non-hydrogen) atoms. The predicted octanol–water partition coefficient (Wildman–Crippen LogP) is 2.51. The van der Waals surface area contributed by atoms with Crippen LogP contribution in [0.1, 0.15) is 34.7 Å². The first kappa shape index (κ1) is 12.0. The van der Waals surface area contributed by atoms with Crippen LogP contribution in [0.4, 0.5) is 5.82 Å². The molecule has 0 radical (unpaired) electrons. The Morgan fingerprint density at radius 1 is 1.32 bits per heavy atom. The summed E-state index contributed by atoms with van der Waals surface area (Å²) >= 11 is 0. The number of carbonyl (C=O) groups excluding carboxylic acids is 1. The van der Waals surface area contributed by atoms with Crippen LogP contribution < -0.4 is 5.32 Å². The number of fused-ring (bicyclic) bond motifs is 1. The van der Waals surface area contributed by atoms with Gasteiger partial charge in [0.15, 0.2) is 0 Å². The molecular weight excluding hydrogens is 238 g/mol. The lowest BCUT2D eigenvalue weighted by atomic mass is 9.84. The molecule has 0 aliphatic carbocycles. The monoisotopic (exact) mass is 255 g/mol. The van der Waals surface area contributed by atoms with Crippen LogP contribution in [0.25, 0.3) is 0 Å². The lowest BCUT2D eigenvalue weighted by molar-refractivity contribution is -0.116. The largest absolute Gasteiger partial charge is 0.311 e. The van der Waals surface area contributed by atoms with Crippen molar-refractivity contribution in [1.82, 2.24) is 9.78 Å². The molecule has 1 amide bonds. The number of rotatable bonds is 1. The van der Waals surface area contributed by atoms with Crippen LogP contribution >= 0.6 is 0 Å². The molecule has 0 saturated carbocycles. The summed E-state index contributed by atoms with van der Waals surface area (Å²) in [7, 11) is 1.87. The number of anilines is 1. The third kappa shape index (κ3) is 1.84. The van der Waals surface area contributed by atoms with Gasteiger partial charge in [0.1, 0.15) is 5.82 Å². The maximum atomic E-state index is 11.9. The predicted molar refractivity (Wildman–Crippen MR) is 74.2 cm³/mol. The molecule has 0 spiro atoms. The molecule has 0 fully saturated rings. The second-order valence-corrected chi connectivity index (χ2v) is 5.13. The number of nitrogens with one attached hydrogen (secondary N) is 1. The summed E-state index contributed by atoms with van der Waals surface area (Å²) in [6.07, 6.45) is 0.490. The van der Waals surface area contributed by atoms with Gasteiger partial charge >= 0.3 is 0 Å². The van der Waals surface area contributed by atoms with E-state index in [2.05, 4.69) is 29.5 Å². The third-order valence-corrected chi connectivity index (χ3v) is 3.83. The lowest BCUT2D eigenvalue weighted by Crippen LogP contribution is -2.25. The molecule has 2 aromatic rings. The van der Waals surface area contributed by atoms with E-state index in [0.29, 0.717) is 6.42 Å². The fraction of sp³-hybridized carbons (Fsp3) is 0.333. The van der Waals surface area contributed by atoms with Gasteiger partial charge in [0.25, 0.3) is 0 Å². The number of hydrogen-bond acceptors (Lipinski definition) is 2. The number of carbonyl (C=O) groups is 1. The Hall–Kier alpha value is -2.10. The Morgan fingerprint density at radius 3 is 2.79 bits per heavy atom. The van der Waals surface area contributed by atoms with Crippen molar-refractivity contribution >= 4 is 11.7 Å². The van der Waals surface area contributed by atoms with Gasteiger partial charge in [0.05, 0.1) is 5.69 Å². The first-order valence-corrected chi connectivity index (χ1v) is 6.47. The summed E-state index contributed by atoms with van der Waals surface area (Å²) in [5, 5.41) is 7.36. The summed E-state index contributed by atoms with van der Waals surface area (Å²) in [6, 6.07) is 8.25. The Bertz CT molecular complexity index is 657. The smallest absolute Gasteiger partial charge is 0.226 e. The molecule has 3 rings (SSSR count). The van der Waals surface area contributed by atoms with Crippen LogP contribution in [0.5, 0.6) is 0 Å². The Labute approximate surface area is 112 Å². The second kappa shape index (κ2) is 4.23. The normalized spacial score (nSPS) is 18.1. The first-order valence-electron chi connectivity index (χ1n) is 6.47. The van der Waals surface area contributed by atoms with E-state index in [1.165, 1.54) is 11.1 Å². The van der Waals surface area contributed by atoms with Crippen LogP contribution in [0.2, 0.25) is 0 Å². The van der Waals surface area contributed by atoms with Gasteiger partial charge in [-0.3, -0.25) is 9.48 Å². The van der Waals surface area contributed by atoms with Crippen LogP contribution in [0, 0.1) is 13.8 Å². The first-order chi connectivity index (χ1) is 9.08. The third-order valence-electron chi connectivity index (χ3n) is 3.83. The zero-order chi connectivity index (χ0) is 13.6. The van der Waals surface area contributed by atoms with Gasteiger partial charge in [0, 0.05) is 24.9 Å². The highest BCUT2D eigenvalue weighted by atomic mass is 16.1. The molecular formula is C15H17N3O. The average molecular weight is 255 g/mol. The van der Waals surface area contributed by atoms with Crippen molar-refractivity contribution in [3.8, 4) is 0 Å². The minimum absolute atomic E-state index is 0.0590. The zero-order valence-electron chi connectivity index (χ0n) is 11.4. The van der Waals surface area contributed by atoms with Crippen LogP contribution in [0.15, 0.2) is 24.3 Å². The molecule has 1 atom stereocenters. The molecule has 0 unspecified atom stereocenters. The summed E-state index contributed by atoms with van der Waals surface area (Å²) in [5.74, 6) is 1.00. The SMILES string of the molecule is Cc1ccccc1[C@@H]1CC(=O)Nc2c1c(C)nn2C. The topological polar surface area (TPSA) is 46.9 Å². The zero-order valence-corrected chi connectivity index (χ0v) is 11.4. The maximum absolute atomic E-state index is 11.9. The maximum Gasteiger partial charge on any atom is 0.226 e. The van der Waals surface area contributed by atoms with Gasteiger partial charge in [-0.05, 0) is 25.0 Å². The van der Waals surface area contributed by atoms with Crippen molar-refractivity contribution in [3.63, 3.8) is 0 Å². The molecule has 0 bridgehead atoms. The van der Waals surface area contributed by atoms with E-state index in [9.17, 15) is 4.79 Å². The van der Waals surface area contributed by atoms with E-state index in [1.54, 1.807) is 4.68 Å². The number of aryl methyl sites for hydroxylation is 3. The number of nitrogens with zero attached hydrogens (tertiary/aromatic N) is 2. The highest BCUT2D eigenvalue weighted by Crippen LogP contribution is 2.39. The van der Waals surface area contributed by atoms with Crippen LogP contribution in [0.3, 0.4) is 0 Å². The van der Waals surface area contributed by atoms with E-state index in [1.807, 2.05) is 26.1 Å². The van der Waals surface area contributed by atoms with Gasteiger partial charge in [0.2, 0.25) is 5.91 Å². The minimum atomic E-state index is 0.0590. The van der Waals surface area contributed by atoms with Crippen molar-refractivity contribution < 1.29 is 4.79 Å². The Morgan fingerprint density at radius 2 is 2.05 bits per heavy atom. The van der Waals surface area contributed by atoms with Crippen molar-refractivity contribution in [1.29, 1.82) is 0 Å². The van der Waals surface area contributed by atoms with E-state index < -0.39 is 0 Å². The highest BCUT2D eigenvalue weighted by Gasteiger charge is 2.31. The van der Waals surface area contributed by atoms with Gasteiger partial charge in [-0.25, -0.2) is 0 Å². The summed E-state index contributed by atoms with van der Waals surface area (Å²) < 4.78 is 1.76. The quantitative estimate of drug-likeness (QED) is 0.851. The van der Waals surface area contributed by atoms with E-state index >= 15 is 0 Å². The van der Waals surface area contributed by atoms with Gasteiger partial charge in [-0.2, -0.15) is 5.10 Å². The lowest BCUT2D eigenvalue weighted by Gasteiger charge is -2.25. The number of hydrogen-bond donors (Lipinski definition) is 1. The Kier molecular flexibility index (Phi) is 2.66. The molecule has 1 aromatic heterocycles. The fourth-order valence-electron chi connectivity index (χ4n) is 2.95. The average Bonchev–Trinajstić information content (AvgIpc) is 2.65. The summed E-state index contributed by atoms with van der Waals surface area (Å²) in [6.45, 7) is 4.09. The summed E-state index contributed by atoms with van der Waals surface area (Å²) in [5.41, 5.74) is 4.58. The molecule has 1 N–H and O–H groups in total. The van der Waals surface area contributed by atoms with Crippen LogP contribution in [-0.2, 0) is 11.8 Å². The van der Waals surface area contributed by atoms with Gasteiger partial charge in [-0.1, -0.05) is 24.3 Å². The van der Waals surface area contributed by atoms with Crippen molar-refractivity contribution in [3.05, 3.63) is 46.6 Å².